The number of hydrogen-bond acceptors (Lipinski definition) is 3. The van der Waals surface area contributed by atoms with Gasteiger partial charge in [-0.1, -0.05) is 24.3 Å². The minimum atomic E-state index is -0.0229. The molecule has 2 fully saturated rings. The molecule has 0 N–H and O–H groups in total. The lowest BCUT2D eigenvalue weighted by Gasteiger charge is -2.27. The number of thioether (sulfide) groups is 1. The molecule has 2 aliphatic rings. The Hall–Kier alpha value is -1.49. The van der Waals surface area contributed by atoms with Crippen LogP contribution in [0.2, 0.25) is 0 Å². The first kappa shape index (κ1) is 14.4. The van der Waals surface area contributed by atoms with E-state index in [2.05, 4.69) is 19.1 Å². The fourth-order valence-electron chi connectivity index (χ4n) is 2.96. The van der Waals surface area contributed by atoms with Crippen LogP contribution in [0.4, 0.5) is 0 Å². The molecule has 1 atom stereocenters. The molecule has 4 nitrogen and oxygen atoms in total. The van der Waals surface area contributed by atoms with Crippen molar-refractivity contribution >= 4 is 23.6 Å². The average molecular weight is 304 g/mol. The molecule has 112 valence electrons. The standard InChI is InChI=1S/C16H20N2O2S/c1-12-6-2-3-7-13(12)16-18(15(20)11-21-16)10-14(19)17-8-4-5-9-17/h2-3,6-7,16H,4-5,8-11H2,1H3/t16-/m1/s1. The SMILES string of the molecule is Cc1ccccc1[C@H]1SCC(=O)N1CC(=O)N1CCCC1. The zero-order chi connectivity index (χ0) is 14.8. The van der Waals surface area contributed by atoms with Crippen molar-refractivity contribution in [3.05, 3.63) is 35.4 Å². The minimum absolute atomic E-state index is 0.0229. The first-order valence-electron chi connectivity index (χ1n) is 7.41. The summed E-state index contributed by atoms with van der Waals surface area (Å²) in [5, 5.41) is -0.0229. The van der Waals surface area contributed by atoms with Gasteiger partial charge in [0.15, 0.2) is 0 Å². The summed E-state index contributed by atoms with van der Waals surface area (Å²) >= 11 is 1.62. The van der Waals surface area contributed by atoms with Crippen LogP contribution in [-0.4, -0.2) is 47.0 Å². The Labute approximate surface area is 129 Å². The molecule has 2 aliphatic heterocycles. The number of rotatable bonds is 3. The minimum Gasteiger partial charge on any atom is -0.341 e. The maximum Gasteiger partial charge on any atom is 0.242 e. The third-order valence-corrected chi connectivity index (χ3v) is 5.42. The Bertz CT molecular complexity index is 555. The van der Waals surface area contributed by atoms with Gasteiger partial charge >= 0.3 is 0 Å². The number of carbonyl (C=O) groups is 2. The van der Waals surface area contributed by atoms with Crippen LogP contribution >= 0.6 is 11.8 Å². The van der Waals surface area contributed by atoms with Crippen LogP contribution in [0.5, 0.6) is 0 Å². The monoisotopic (exact) mass is 304 g/mol. The van der Waals surface area contributed by atoms with E-state index in [4.69, 9.17) is 0 Å². The van der Waals surface area contributed by atoms with Gasteiger partial charge in [0.1, 0.15) is 11.9 Å². The first-order chi connectivity index (χ1) is 10.2. The molecular formula is C16H20N2O2S. The van der Waals surface area contributed by atoms with Gasteiger partial charge in [0.05, 0.1) is 5.75 Å². The van der Waals surface area contributed by atoms with Crippen molar-refractivity contribution < 1.29 is 9.59 Å². The highest BCUT2D eigenvalue weighted by molar-refractivity contribution is 8.00. The maximum atomic E-state index is 12.3. The molecule has 0 bridgehead atoms. The lowest BCUT2D eigenvalue weighted by Crippen LogP contribution is -2.40. The number of carbonyl (C=O) groups excluding carboxylic acids is 2. The van der Waals surface area contributed by atoms with Crippen LogP contribution in [0.15, 0.2) is 24.3 Å². The summed E-state index contributed by atoms with van der Waals surface area (Å²) in [5.74, 6) is 0.620. The van der Waals surface area contributed by atoms with Crippen LogP contribution in [-0.2, 0) is 9.59 Å². The van der Waals surface area contributed by atoms with Gasteiger partial charge in [0, 0.05) is 13.1 Å². The van der Waals surface area contributed by atoms with Gasteiger partial charge in [-0.05, 0) is 30.9 Å². The van der Waals surface area contributed by atoms with Crippen LogP contribution < -0.4 is 0 Å². The second kappa shape index (κ2) is 6.10. The van der Waals surface area contributed by atoms with E-state index in [-0.39, 0.29) is 23.7 Å². The van der Waals surface area contributed by atoms with Crippen molar-refractivity contribution in [3.8, 4) is 0 Å². The van der Waals surface area contributed by atoms with Crippen molar-refractivity contribution in [2.45, 2.75) is 25.1 Å². The zero-order valence-electron chi connectivity index (χ0n) is 12.2. The zero-order valence-corrected chi connectivity index (χ0v) is 13.1. The summed E-state index contributed by atoms with van der Waals surface area (Å²) in [5.41, 5.74) is 2.31. The largest absolute Gasteiger partial charge is 0.341 e. The molecule has 5 heteroatoms. The molecule has 2 saturated heterocycles. The summed E-state index contributed by atoms with van der Waals surface area (Å²) in [4.78, 5) is 28.1. The molecule has 1 aromatic rings. The Morgan fingerprint density at radius 2 is 2.00 bits per heavy atom. The van der Waals surface area contributed by atoms with E-state index in [0.717, 1.165) is 31.5 Å². The van der Waals surface area contributed by atoms with Crippen molar-refractivity contribution in [1.82, 2.24) is 9.80 Å². The van der Waals surface area contributed by atoms with E-state index in [0.29, 0.717) is 5.75 Å². The number of aryl methyl sites for hydroxylation is 1. The molecule has 0 saturated carbocycles. The van der Waals surface area contributed by atoms with Gasteiger partial charge in [-0.2, -0.15) is 0 Å². The van der Waals surface area contributed by atoms with E-state index < -0.39 is 0 Å². The normalized spacial score (nSPS) is 22.1. The predicted molar refractivity (Wildman–Crippen MR) is 83.9 cm³/mol. The summed E-state index contributed by atoms with van der Waals surface area (Å²) in [7, 11) is 0. The average Bonchev–Trinajstić information content (AvgIpc) is 3.11. The second-order valence-corrected chi connectivity index (χ2v) is 6.70. The third kappa shape index (κ3) is 2.93. The maximum absolute atomic E-state index is 12.3. The molecule has 0 radical (unpaired) electrons. The molecule has 1 aromatic carbocycles. The van der Waals surface area contributed by atoms with Gasteiger partial charge in [-0.15, -0.1) is 11.8 Å². The van der Waals surface area contributed by atoms with Crippen molar-refractivity contribution in [1.29, 1.82) is 0 Å². The van der Waals surface area contributed by atoms with E-state index in [1.807, 2.05) is 17.0 Å². The highest BCUT2D eigenvalue weighted by Crippen LogP contribution is 2.39. The molecule has 21 heavy (non-hydrogen) atoms. The quantitative estimate of drug-likeness (QED) is 0.859. The van der Waals surface area contributed by atoms with Crippen molar-refractivity contribution in [2.24, 2.45) is 0 Å². The fourth-order valence-corrected chi connectivity index (χ4v) is 4.24. The molecule has 2 amide bonds. The summed E-state index contributed by atoms with van der Waals surface area (Å²) < 4.78 is 0. The highest BCUT2D eigenvalue weighted by Gasteiger charge is 2.35. The lowest BCUT2D eigenvalue weighted by atomic mass is 10.1. The Morgan fingerprint density at radius 1 is 1.29 bits per heavy atom. The highest BCUT2D eigenvalue weighted by atomic mass is 32.2. The van der Waals surface area contributed by atoms with Gasteiger partial charge < -0.3 is 9.80 Å². The van der Waals surface area contributed by atoms with E-state index in [1.165, 1.54) is 5.56 Å². The molecular weight excluding hydrogens is 284 g/mol. The lowest BCUT2D eigenvalue weighted by molar-refractivity contribution is -0.138. The van der Waals surface area contributed by atoms with E-state index >= 15 is 0 Å². The molecule has 0 aromatic heterocycles. The van der Waals surface area contributed by atoms with Crippen molar-refractivity contribution in [2.75, 3.05) is 25.4 Å². The van der Waals surface area contributed by atoms with Crippen LogP contribution in [0.3, 0.4) is 0 Å². The number of amides is 2. The van der Waals surface area contributed by atoms with Crippen LogP contribution in [0.25, 0.3) is 0 Å². The van der Waals surface area contributed by atoms with Gasteiger partial charge in [-0.25, -0.2) is 0 Å². The van der Waals surface area contributed by atoms with Crippen molar-refractivity contribution in [3.63, 3.8) is 0 Å². The Morgan fingerprint density at radius 3 is 2.71 bits per heavy atom. The molecule has 2 heterocycles. The number of nitrogens with zero attached hydrogens (tertiary/aromatic N) is 2. The molecule has 0 aliphatic carbocycles. The Balaban J connectivity index is 1.76. The van der Waals surface area contributed by atoms with E-state index in [9.17, 15) is 9.59 Å². The molecule has 3 rings (SSSR count). The van der Waals surface area contributed by atoms with Gasteiger partial charge in [0.2, 0.25) is 11.8 Å². The third-order valence-electron chi connectivity index (χ3n) is 4.19. The molecule has 0 unspecified atom stereocenters. The van der Waals surface area contributed by atoms with Crippen LogP contribution in [0, 0.1) is 6.92 Å². The van der Waals surface area contributed by atoms with E-state index in [1.54, 1.807) is 16.7 Å². The topological polar surface area (TPSA) is 40.6 Å². The summed E-state index contributed by atoms with van der Waals surface area (Å²) in [6.07, 6.45) is 2.16. The second-order valence-electron chi connectivity index (χ2n) is 5.63. The number of hydrogen-bond donors (Lipinski definition) is 0. The van der Waals surface area contributed by atoms with Gasteiger partial charge in [-0.3, -0.25) is 9.59 Å². The fraction of sp³-hybridized carbons (Fsp3) is 0.500. The predicted octanol–water partition coefficient (Wildman–Crippen LogP) is 2.19. The summed E-state index contributed by atoms with van der Waals surface area (Å²) in [6, 6.07) is 8.10. The first-order valence-corrected chi connectivity index (χ1v) is 8.46. The van der Waals surface area contributed by atoms with Gasteiger partial charge in [0.25, 0.3) is 0 Å². The number of benzene rings is 1. The van der Waals surface area contributed by atoms with Crippen LogP contribution in [0.1, 0.15) is 29.3 Å². The smallest absolute Gasteiger partial charge is 0.242 e. The molecule has 0 spiro atoms. The Kier molecular flexibility index (Phi) is 4.19. The summed E-state index contributed by atoms with van der Waals surface area (Å²) in [6.45, 7) is 3.94. The number of likely N-dealkylation sites (tertiary alicyclic amines) is 1.